The lowest BCUT2D eigenvalue weighted by Crippen LogP contribution is -2.41. The number of carbonyl (C=O) groups excluding carboxylic acids is 1. The Labute approximate surface area is 123 Å². The topological polar surface area (TPSA) is 76.1 Å². The molecule has 0 unspecified atom stereocenters. The van der Waals surface area contributed by atoms with E-state index in [0.717, 1.165) is 0 Å². The molecule has 0 bridgehead atoms. The fraction of sp³-hybridized carbons (Fsp3) is 0.467. The summed E-state index contributed by atoms with van der Waals surface area (Å²) >= 11 is 0. The van der Waals surface area contributed by atoms with Gasteiger partial charge in [-0.05, 0) is 37.1 Å². The third kappa shape index (κ3) is 4.19. The molecule has 0 atom stereocenters. The highest BCUT2D eigenvalue weighted by atomic mass is 16.5. The Kier molecular flexibility index (Phi) is 5.16. The Morgan fingerprint density at radius 1 is 1.24 bits per heavy atom. The summed E-state index contributed by atoms with van der Waals surface area (Å²) in [4.78, 5) is 24.5. The van der Waals surface area contributed by atoms with E-state index in [1.54, 1.807) is 36.3 Å². The summed E-state index contributed by atoms with van der Waals surface area (Å²) in [7, 11) is 1.58. The number of benzene rings is 1. The van der Waals surface area contributed by atoms with Gasteiger partial charge in [0.25, 0.3) is 5.91 Å². The van der Waals surface area contributed by atoms with Crippen LogP contribution in [-0.4, -0.2) is 54.8 Å². The molecule has 2 rings (SSSR count). The normalized spacial score (nSPS) is 15.8. The molecule has 1 aromatic carbocycles. The smallest absolute Gasteiger partial charge is 0.329 e. The van der Waals surface area contributed by atoms with Crippen LogP contribution in [0.5, 0.6) is 5.75 Å². The first-order chi connectivity index (χ1) is 10.1. The van der Waals surface area contributed by atoms with Crippen LogP contribution in [-0.2, 0) is 9.53 Å². The van der Waals surface area contributed by atoms with E-state index >= 15 is 0 Å². The molecule has 1 N–H and O–H groups in total. The monoisotopic (exact) mass is 293 g/mol. The zero-order valence-electron chi connectivity index (χ0n) is 11.9. The van der Waals surface area contributed by atoms with Gasteiger partial charge in [0, 0.05) is 18.7 Å². The Balaban J connectivity index is 1.86. The quantitative estimate of drug-likeness (QED) is 0.888. The second-order valence-electron chi connectivity index (χ2n) is 4.92. The SMILES string of the molecule is COc1ccc(C(=O)N2CCC(OCC(=O)O)CC2)cc1. The molecule has 0 spiro atoms. The van der Waals surface area contributed by atoms with Gasteiger partial charge in [-0.25, -0.2) is 4.79 Å². The molecule has 6 nitrogen and oxygen atoms in total. The lowest BCUT2D eigenvalue weighted by Gasteiger charge is -2.31. The molecule has 6 heteroatoms. The second-order valence-corrected chi connectivity index (χ2v) is 4.92. The number of piperidine rings is 1. The summed E-state index contributed by atoms with van der Waals surface area (Å²) in [6.07, 6.45) is 1.24. The summed E-state index contributed by atoms with van der Waals surface area (Å²) < 4.78 is 10.3. The van der Waals surface area contributed by atoms with Gasteiger partial charge in [-0.2, -0.15) is 0 Å². The van der Waals surface area contributed by atoms with Gasteiger partial charge >= 0.3 is 5.97 Å². The first kappa shape index (κ1) is 15.3. The maximum atomic E-state index is 12.3. The highest BCUT2D eigenvalue weighted by Gasteiger charge is 2.24. The molecular formula is C15H19NO5. The molecule has 0 aromatic heterocycles. The number of ether oxygens (including phenoxy) is 2. The van der Waals surface area contributed by atoms with Crippen molar-refractivity contribution < 1.29 is 24.2 Å². The minimum Gasteiger partial charge on any atom is -0.497 e. The van der Waals surface area contributed by atoms with Crippen LogP contribution in [0.3, 0.4) is 0 Å². The third-order valence-electron chi connectivity index (χ3n) is 3.51. The van der Waals surface area contributed by atoms with Crippen molar-refractivity contribution >= 4 is 11.9 Å². The fourth-order valence-electron chi connectivity index (χ4n) is 2.33. The van der Waals surface area contributed by atoms with E-state index in [-0.39, 0.29) is 18.6 Å². The average molecular weight is 293 g/mol. The molecule has 1 amide bonds. The van der Waals surface area contributed by atoms with Crippen molar-refractivity contribution in [2.45, 2.75) is 18.9 Å². The van der Waals surface area contributed by atoms with E-state index in [9.17, 15) is 9.59 Å². The molecule has 21 heavy (non-hydrogen) atoms. The van der Waals surface area contributed by atoms with Gasteiger partial charge in [-0.15, -0.1) is 0 Å². The molecule has 114 valence electrons. The number of carboxylic acids is 1. The summed E-state index contributed by atoms with van der Waals surface area (Å²) in [5.41, 5.74) is 0.626. The number of nitrogens with zero attached hydrogens (tertiary/aromatic N) is 1. The zero-order chi connectivity index (χ0) is 15.2. The highest BCUT2D eigenvalue weighted by Crippen LogP contribution is 2.18. The van der Waals surface area contributed by atoms with Crippen molar-refractivity contribution in [2.24, 2.45) is 0 Å². The largest absolute Gasteiger partial charge is 0.497 e. The van der Waals surface area contributed by atoms with Crippen molar-refractivity contribution in [3.8, 4) is 5.75 Å². The van der Waals surface area contributed by atoms with Gasteiger partial charge in [0.05, 0.1) is 13.2 Å². The summed E-state index contributed by atoms with van der Waals surface area (Å²) in [5.74, 6) is -0.270. The molecule has 1 heterocycles. The minimum absolute atomic E-state index is 0.0191. The van der Waals surface area contributed by atoms with Crippen LogP contribution >= 0.6 is 0 Å². The van der Waals surface area contributed by atoms with Gasteiger partial charge in [-0.1, -0.05) is 0 Å². The Morgan fingerprint density at radius 2 is 1.86 bits per heavy atom. The van der Waals surface area contributed by atoms with Gasteiger partial charge in [-0.3, -0.25) is 4.79 Å². The van der Waals surface area contributed by atoms with Crippen molar-refractivity contribution in [3.63, 3.8) is 0 Å². The highest BCUT2D eigenvalue weighted by molar-refractivity contribution is 5.94. The predicted octanol–water partition coefficient (Wildman–Crippen LogP) is 1.40. The van der Waals surface area contributed by atoms with Crippen LogP contribution < -0.4 is 4.74 Å². The summed E-state index contributed by atoms with van der Waals surface area (Å²) in [5, 5.41) is 8.58. The molecule has 1 aromatic rings. The van der Waals surface area contributed by atoms with Gasteiger partial charge in [0.2, 0.25) is 0 Å². The molecule has 0 aliphatic carbocycles. The Morgan fingerprint density at radius 3 is 2.38 bits per heavy atom. The van der Waals surface area contributed by atoms with Crippen molar-refractivity contribution in [1.82, 2.24) is 4.90 Å². The molecule has 0 radical (unpaired) electrons. The van der Waals surface area contributed by atoms with Gasteiger partial charge < -0.3 is 19.5 Å². The van der Waals surface area contributed by atoms with Crippen molar-refractivity contribution in [1.29, 1.82) is 0 Å². The second kappa shape index (κ2) is 7.08. The van der Waals surface area contributed by atoms with Crippen LogP contribution in [0, 0.1) is 0 Å². The molecule has 1 aliphatic rings. The van der Waals surface area contributed by atoms with E-state index in [0.29, 0.717) is 37.2 Å². The van der Waals surface area contributed by atoms with Crippen molar-refractivity contribution in [3.05, 3.63) is 29.8 Å². The van der Waals surface area contributed by atoms with Crippen LogP contribution in [0.4, 0.5) is 0 Å². The number of carboxylic acid groups (broad SMARTS) is 1. The van der Waals surface area contributed by atoms with Crippen LogP contribution in [0.25, 0.3) is 0 Å². The number of hydrogen-bond acceptors (Lipinski definition) is 4. The van der Waals surface area contributed by atoms with Crippen LogP contribution in [0.15, 0.2) is 24.3 Å². The van der Waals surface area contributed by atoms with Gasteiger partial charge in [0.15, 0.2) is 0 Å². The van der Waals surface area contributed by atoms with E-state index in [1.165, 1.54) is 0 Å². The van der Waals surface area contributed by atoms with E-state index in [1.807, 2.05) is 0 Å². The zero-order valence-corrected chi connectivity index (χ0v) is 11.9. The number of likely N-dealkylation sites (tertiary alicyclic amines) is 1. The molecule has 1 aliphatic heterocycles. The number of hydrogen-bond donors (Lipinski definition) is 1. The van der Waals surface area contributed by atoms with Crippen molar-refractivity contribution in [2.75, 3.05) is 26.8 Å². The predicted molar refractivity (Wildman–Crippen MR) is 75.5 cm³/mol. The minimum atomic E-state index is -0.966. The first-order valence-electron chi connectivity index (χ1n) is 6.87. The molecule has 1 saturated heterocycles. The molecule has 1 fully saturated rings. The standard InChI is InChI=1S/C15H19NO5/c1-20-12-4-2-11(3-5-12)15(19)16-8-6-13(7-9-16)21-10-14(17)18/h2-5,13H,6-10H2,1H3,(H,17,18). The summed E-state index contributed by atoms with van der Waals surface area (Å²) in [6, 6.07) is 7.01. The Hall–Kier alpha value is -2.08. The summed E-state index contributed by atoms with van der Waals surface area (Å²) in [6.45, 7) is 0.876. The van der Waals surface area contributed by atoms with Gasteiger partial charge in [0.1, 0.15) is 12.4 Å². The molecular weight excluding hydrogens is 274 g/mol. The average Bonchev–Trinajstić information content (AvgIpc) is 2.53. The lowest BCUT2D eigenvalue weighted by molar-refractivity contribution is -0.145. The maximum Gasteiger partial charge on any atom is 0.329 e. The van der Waals surface area contributed by atoms with Crippen LogP contribution in [0.2, 0.25) is 0 Å². The number of methoxy groups -OCH3 is 1. The van der Waals surface area contributed by atoms with Crippen LogP contribution in [0.1, 0.15) is 23.2 Å². The number of rotatable bonds is 5. The van der Waals surface area contributed by atoms with E-state index in [4.69, 9.17) is 14.6 Å². The first-order valence-corrected chi connectivity index (χ1v) is 6.87. The fourth-order valence-corrected chi connectivity index (χ4v) is 2.33. The number of carbonyl (C=O) groups is 2. The number of aliphatic carboxylic acids is 1. The Bertz CT molecular complexity index is 491. The maximum absolute atomic E-state index is 12.3. The number of amides is 1. The van der Waals surface area contributed by atoms with E-state index < -0.39 is 5.97 Å². The third-order valence-corrected chi connectivity index (χ3v) is 3.51. The lowest BCUT2D eigenvalue weighted by atomic mass is 10.1. The van der Waals surface area contributed by atoms with E-state index in [2.05, 4.69) is 0 Å². The molecule has 0 saturated carbocycles.